The van der Waals surface area contributed by atoms with Crippen LogP contribution in [0.15, 0.2) is 36.5 Å². The third-order valence-electron chi connectivity index (χ3n) is 3.88. The Morgan fingerprint density at radius 1 is 1.40 bits per heavy atom. The fourth-order valence-corrected chi connectivity index (χ4v) is 2.97. The van der Waals surface area contributed by atoms with E-state index in [0.29, 0.717) is 35.2 Å². The van der Waals surface area contributed by atoms with Gasteiger partial charge in [-0.05, 0) is 36.8 Å². The topological polar surface area (TPSA) is 81.1 Å². The Balaban J connectivity index is 1.57. The summed E-state index contributed by atoms with van der Waals surface area (Å²) in [7, 11) is 0. The van der Waals surface area contributed by atoms with Crippen LogP contribution in [0.4, 0.5) is 20.7 Å². The molecule has 1 aliphatic heterocycles. The molecule has 1 aromatic heterocycles. The van der Waals surface area contributed by atoms with Gasteiger partial charge in [-0.25, -0.2) is 14.2 Å². The van der Waals surface area contributed by atoms with Gasteiger partial charge in [-0.15, -0.1) is 0 Å². The smallest absolute Gasteiger partial charge is 0.319 e. The number of amides is 2. The predicted molar refractivity (Wildman–Crippen MR) is 93.1 cm³/mol. The van der Waals surface area contributed by atoms with Gasteiger partial charge in [-0.2, -0.15) is 5.26 Å². The summed E-state index contributed by atoms with van der Waals surface area (Å²) in [5, 5.41) is 14.8. The molecule has 8 heteroatoms. The number of nitrogens with one attached hydrogen (secondary N) is 2. The lowest BCUT2D eigenvalue weighted by Gasteiger charge is -2.19. The minimum atomic E-state index is -0.357. The van der Waals surface area contributed by atoms with Crippen LogP contribution >= 0.6 is 11.6 Å². The molecule has 0 radical (unpaired) electrons. The molecule has 2 amide bonds. The zero-order valence-corrected chi connectivity index (χ0v) is 13.9. The van der Waals surface area contributed by atoms with Gasteiger partial charge in [0.05, 0.1) is 10.6 Å². The Morgan fingerprint density at radius 2 is 2.16 bits per heavy atom. The molecule has 6 nitrogen and oxygen atoms in total. The lowest BCUT2D eigenvalue weighted by molar-refractivity contribution is 0.249. The maximum atomic E-state index is 12.9. The average molecular weight is 360 g/mol. The largest absolute Gasteiger partial charge is 0.353 e. The summed E-state index contributed by atoms with van der Waals surface area (Å²) in [5.41, 5.74) is 0.923. The van der Waals surface area contributed by atoms with E-state index in [1.807, 2.05) is 11.0 Å². The van der Waals surface area contributed by atoms with E-state index < -0.39 is 0 Å². The van der Waals surface area contributed by atoms with E-state index in [9.17, 15) is 9.18 Å². The van der Waals surface area contributed by atoms with E-state index in [2.05, 4.69) is 15.6 Å². The van der Waals surface area contributed by atoms with Gasteiger partial charge in [0.1, 0.15) is 17.7 Å². The molecule has 25 heavy (non-hydrogen) atoms. The molecule has 0 saturated carbocycles. The molecule has 1 saturated heterocycles. The van der Waals surface area contributed by atoms with E-state index in [-0.39, 0.29) is 17.9 Å². The predicted octanol–water partition coefficient (Wildman–Crippen LogP) is 3.15. The highest BCUT2D eigenvalue weighted by atomic mass is 35.5. The molecule has 2 aromatic rings. The standard InChI is InChI=1S/C17H15ClFN5O/c18-15-7-11(8-20)9-21-16(15)24-6-5-14(10-24)23-17(25)22-13-3-1-12(19)2-4-13/h1-4,7,9,14H,5-6,10H2,(H2,22,23,25)/t14-/m1/s1. The number of carbonyl (C=O) groups is 1. The van der Waals surface area contributed by atoms with Gasteiger partial charge in [0.2, 0.25) is 0 Å². The van der Waals surface area contributed by atoms with E-state index in [0.717, 1.165) is 6.42 Å². The number of urea groups is 1. The molecule has 2 N–H and O–H groups in total. The number of pyridine rings is 1. The summed E-state index contributed by atoms with van der Waals surface area (Å²) in [4.78, 5) is 18.2. The van der Waals surface area contributed by atoms with Crippen LogP contribution in [-0.2, 0) is 0 Å². The van der Waals surface area contributed by atoms with E-state index in [1.54, 1.807) is 6.07 Å². The molecule has 2 heterocycles. The lowest BCUT2D eigenvalue weighted by Crippen LogP contribution is -2.39. The molecular weight excluding hydrogens is 345 g/mol. The summed E-state index contributed by atoms with van der Waals surface area (Å²) in [6.45, 7) is 1.26. The first-order valence-corrected chi connectivity index (χ1v) is 8.06. The van der Waals surface area contributed by atoms with Gasteiger partial charge in [0, 0.05) is 31.0 Å². The Morgan fingerprint density at radius 3 is 2.84 bits per heavy atom. The van der Waals surface area contributed by atoms with Crippen molar-refractivity contribution in [2.75, 3.05) is 23.3 Å². The number of rotatable bonds is 3. The maximum absolute atomic E-state index is 12.9. The summed E-state index contributed by atoms with van der Waals surface area (Å²) < 4.78 is 12.9. The number of aromatic nitrogens is 1. The Hall–Kier alpha value is -2.85. The van der Waals surface area contributed by atoms with Crippen molar-refractivity contribution in [1.82, 2.24) is 10.3 Å². The highest BCUT2D eigenvalue weighted by Gasteiger charge is 2.26. The average Bonchev–Trinajstić information content (AvgIpc) is 3.04. The van der Waals surface area contributed by atoms with Crippen LogP contribution in [0.3, 0.4) is 0 Å². The van der Waals surface area contributed by atoms with Gasteiger partial charge in [-0.1, -0.05) is 11.6 Å². The highest BCUT2D eigenvalue weighted by molar-refractivity contribution is 6.33. The van der Waals surface area contributed by atoms with Crippen LogP contribution in [0.2, 0.25) is 5.02 Å². The molecule has 0 bridgehead atoms. The van der Waals surface area contributed by atoms with Gasteiger partial charge in [0.25, 0.3) is 0 Å². The Kier molecular flexibility index (Phi) is 5.00. The van der Waals surface area contributed by atoms with Crippen LogP contribution < -0.4 is 15.5 Å². The second-order valence-corrected chi connectivity index (χ2v) is 6.09. The monoisotopic (exact) mass is 359 g/mol. The second-order valence-electron chi connectivity index (χ2n) is 5.68. The molecule has 1 aliphatic rings. The van der Waals surface area contributed by atoms with Crippen LogP contribution in [0.25, 0.3) is 0 Å². The van der Waals surface area contributed by atoms with Crippen molar-refractivity contribution in [3.05, 3.63) is 52.9 Å². The van der Waals surface area contributed by atoms with E-state index in [4.69, 9.17) is 16.9 Å². The molecule has 1 fully saturated rings. The fourth-order valence-electron chi connectivity index (χ4n) is 2.68. The molecular formula is C17H15ClFN5O. The molecule has 128 valence electrons. The third-order valence-corrected chi connectivity index (χ3v) is 4.15. The summed E-state index contributed by atoms with van der Waals surface area (Å²) >= 11 is 6.18. The molecule has 3 rings (SSSR count). The molecule has 0 aliphatic carbocycles. The zero-order chi connectivity index (χ0) is 17.8. The highest BCUT2D eigenvalue weighted by Crippen LogP contribution is 2.27. The van der Waals surface area contributed by atoms with Crippen LogP contribution in [-0.4, -0.2) is 30.1 Å². The Bertz CT molecular complexity index is 821. The first-order valence-electron chi connectivity index (χ1n) is 7.69. The second kappa shape index (κ2) is 7.36. The van der Waals surface area contributed by atoms with Crippen molar-refractivity contribution in [2.24, 2.45) is 0 Å². The molecule has 1 aromatic carbocycles. The first-order chi connectivity index (χ1) is 12.0. The van der Waals surface area contributed by atoms with Crippen LogP contribution in [0.1, 0.15) is 12.0 Å². The molecule has 1 atom stereocenters. The normalized spacial score (nSPS) is 16.4. The van der Waals surface area contributed by atoms with Crippen molar-refractivity contribution in [3.63, 3.8) is 0 Å². The number of anilines is 2. The van der Waals surface area contributed by atoms with Crippen LogP contribution in [0.5, 0.6) is 0 Å². The summed E-state index contributed by atoms with van der Waals surface area (Å²) in [6.07, 6.45) is 2.22. The summed E-state index contributed by atoms with van der Waals surface area (Å²) in [6, 6.07) is 8.72. The minimum Gasteiger partial charge on any atom is -0.353 e. The number of halogens is 2. The SMILES string of the molecule is N#Cc1cnc(N2CC[C@@H](NC(=O)Nc3ccc(F)cc3)C2)c(Cl)c1. The lowest BCUT2D eigenvalue weighted by atomic mass is 10.2. The summed E-state index contributed by atoms with van der Waals surface area (Å²) in [5.74, 6) is 0.244. The van der Waals surface area contributed by atoms with Crippen molar-refractivity contribution >= 4 is 29.1 Å². The van der Waals surface area contributed by atoms with Gasteiger partial charge >= 0.3 is 6.03 Å². The van der Waals surface area contributed by atoms with Crippen molar-refractivity contribution < 1.29 is 9.18 Å². The Labute approximate surface area is 149 Å². The first kappa shape index (κ1) is 17.0. The van der Waals surface area contributed by atoms with Gasteiger partial charge in [-0.3, -0.25) is 0 Å². The van der Waals surface area contributed by atoms with Crippen molar-refractivity contribution in [3.8, 4) is 6.07 Å². The van der Waals surface area contributed by atoms with Gasteiger partial charge < -0.3 is 15.5 Å². The number of nitrogens with zero attached hydrogens (tertiary/aromatic N) is 3. The quantitative estimate of drug-likeness (QED) is 0.882. The van der Waals surface area contributed by atoms with E-state index in [1.165, 1.54) is 30.5 Å². The number of carbonyl (C=O) groups excluding carboxylic acids is 1. The van der Waals surface area contributed by atoms with Crippen LogP contribution in [0, 0.1) is 17.1 Å². The number of benzene rings is 1. The molecule has 0 spiro atoms. The zero-order valence-electron chi connectivity index (χ0n) is 13.2. The molecule has 0 unspecified atom stereocenters. The fraction of sp³-hybridized carbons (Fsp3) is 0.235. The minimum absolute atomic E-state index is 0.0611. The third kappa shape index (κ3) is 4.17. The maximum Gasteiger partial charge on any atom is 0.319 e. The number of hydrogen-bond acceptors (Lipinski definition) is 4. The van der Waals surface area contributed by atoms with E-state index >= 15 is 0 Å². The van der Waals surface area contributed by atoms with Crippen molar-refractivity contribution in [1.29, 1.82) is 5.26 Å². The van der Waals surface area contributed by atoms with Crippen molar-refractivity contribution in [2.45, 2.75) is 12.5 Å². The number of nitriles is 1. The number of hydrogen-bond donors (Lipinski definition) is 2. The van der Waals surface area contributed by atoms with Gasteiger partial charge in [0.15, 0.2) is 0 Å².